The Morgan fingerprint density at radius 1 is 1.28 bits per heavy atom. The van der Waals surface area contributed by atoms with Crippen molar-refractivity contribution in [1.29, 1.82) is 0 Å². The highest BCUT2D eigenvalue weighted by Crippen LogP contribution is 2.36. The van der Waals surface area contributed by atoms with Crippen LogP contribution in [0.25, 0.3) is 0 Å². The van der Waals surface area contributed by atoms with E-state index < -0.39 is 0 Å². The lowest BCUT2D eigenvalue weighted by Crippen LogP contribution is -2.32. The Kier molecular flexibility index (Phi) is 2.92. The molecule has 0 saturated heterocycles. The van der Waals surface area contributed by atoms with Crippen molar-refractivity contribution in [2.24, 2.45) is 0 Å². The lowest BCUT2D eigenvalue weighted by atomic mass is 9.84. The number of hydrogen-bond donors (Lipinski definition) is 1. The molecule has 18 heavy (non-hydrogen) atoms. The third-order valence-corrected chi connectivity index (χ3v) is 3.88. The van der Waals surface area contributed by atoms with E-state index >= 15 is 0 Å². The largest absolute Gasteiger partial charge is 0.311 e. The van der Waals surface area contributed by atoms with E-state index in [4.69, 9.17) is 0 Å². The van der Waals surface area contributed by atoms with Crippen molar-refractivity contribution in [3.05, 3.63) is 53.3 Å². The minimum atomic E-state index is 0.356. The molecule has 0 amide bonds. The number of rotatable bonds is 2. The molecule has 1 aromatic carbocycles. The molecule has 1 heterocycles. The fourth-order valence-corrected chi connectivity index (χ4v) is 2.99. The Balaban J connectivity index is 1.99. The van der Waals surface area contributed by atoms with Crippen LogP contribution < -0.4 is 5.32 Å². The molecule has 0 saturated carbocycles. The fourth-order valence-electron chi connectivity index (χ4n) is 2.99. The second-order valence-corrected chi connectivity index (χ2v) is 5.01. The molecule has 94 valence electrons. The molecule has 1 N–H and O–H groups in total. The summed E-state index contributed by atoms with van der Waals surface area (Å²) in [5.41, 5.74) is 3.98. The quantitative estimate of drug-likeness (QED) is 0.876. The second kappa shape index (κ2) is 4.58. The third kappa shape index (κ3) is 1.85. The van der Waals surface area contributed by atoms with Gasteiger partial charge in [-0.15, -0.1) is 0 Å². The number of benzene rings is 1. The number of nitrogens with zero attached hydrogens (tertiary/aromatic N) is 2. The first kappa shape index (κ1) is 11.5. The topological polar surface area (TPSA) is 29.9 Å². The van der Waals surface area contributed by atoms with E-state index in [1.165, 1.54) is 11.1 Å². The zero-order valence-corrected chi connectivity index (χ0v) is 10.9. The predicted octanol–water partition coefficient (Wildman–Crippen LogP) is 2.64. The molecule has 1 aliphatic carbocycles. The van der Waals surface area contributed by atoms with Gasteiger partial charge in [0.05, 0.1) is 17.8 Å². The summed E-state index contributed by atoms with van der Waals surface area (Å²) in [6, 6.07) is 11.6. The van der Waals surface area contributed by atoms with E-state index in [0.29, 0.717) is 12.1 Å². The van der Waals surface area contributed by atoms with Crippen LogP contribution >= 0.6 is 0 Å². The van der Waals surface area contributed by atoms with Crippen molar-refractivity contribution in [2.75, 3.05) is 7.05 Å². The normalized spacial score (nSPS) is 22.8. The van der Waals surface area contributed by atoms with E-state index in [2.05, 4.69) is 51.6 Å². The van der Waals surface area contributed by atoms with Gasteiger partial charge in [-0.25, -0.2) is 0 Å². The van der Waals surface area contributed by atoms with E-state index in [1.807, 2.05) is 14.0 Å². The van der Waals surface area contributed by atoms with Crippen LogP contribution in [0.4, 0.5) is 0 Å². The number of fused-ring (bicyclic) bond motifs is 1. The van der Waals surface area contributed by atoms with Crippen molar-refractivity contribution in [3.8, 4) is 0 Å². The molecule has 3 rings (SSSR count). The van der Waals surface area contributed by atoms with E-state index in [0.717, 1.165) is 18.5 Å². The van der Waals surface area contributed by atoms with Crippen molar-refractivity contribution >= 4 is 0 Å². The van der Waals surface area contributed by atoms with Crippen LogP contribution in [0, 0.1) is 6.92 Å². The third-order valence-electron chi connectivity index (χ3n) is 3.88. The number of nitrogens with one attached hydrogen (secondary N) is 1. The zero-order chi connectivity index (χ0) is 12.5. The lowest BCUT2D eigenvalue weighted by molar-refractivity contribution is 0.308. The predicted molar refractivity (Wildman–Crippen MR) is 72.6 cm³/mol. The molecule has 2 aromatic rings. The maximum atomic E-state index is 4.58. The Hall–Kier alpha value is -1.61. The van der Waals surface area contributed by atoms with E-state index in [-0.39, 0.29) is 0 Å². The van der Waals surface area contributed by atoms with Crippen LogP contribution in [0.2, 0.25) is 0 Å². The number of hydrogen-bond acceptors (Lipinski definition) is 2. The summed E-state index contributed by atoms with van der Waals surface area (Å²) >= 11 is 0. The van der Waals surface area contributed by atoms with Gasteiger partial charge in [0.15, 0.2) is 0 Å². The Labute approximate surface area is 108 Å². The average Bonchev–Trinajstić information content (AvgIpc) is 2.84. The van der Waals surface area contributed by atoms with Crippen LogP contribution in [-0.2, 0) is 6.42 Å². The van der Waals surface area contributed by atoms with E-state index in [9.17, 15) is 0 Å². The number of aryl methyl sites for hydroxylation is 2. The van der Waals surface area contributed by atoms with Crippen LogP contribution in [0.5, 0.6) is 0 Å². The van der Waals surface area contributed by atoms with Crippen LogP contribution in [0.1, 0.15) is 35.3 Å². The zero-order valence-electron chi connectivity index (χ0n) is 10.9. The molecule has 3 heteroatoms. The summed E-state index contributed by atoms with van der Waals surface area (Å²) in [5, 5.41) is 8.04. The number of aromatic nitrogens is 2. The van der Waals surface area contributed by atoms with Crippen molar-refractivity contribution in [2.45, 2.75) is 31.8 Å². The monoisotopic (exact) mass is 241 g/mol. The molecule has 0 fully saturated rings. The lowest BCUT2D eigenvalue weighted by Gasteiger charge is -2.33. The summed E-state index contributed by atoms with van der Waals surface area (Å²) in [5.74, 6) is 0. The molecule has 2 atom stereocenters. The standard InChI is InChI=1S/C15H19N3/c1-11-9-10-18(17-11)14-8-7-12-5-3-4-6-13(12)15(14)16-2/h3-6,9-10,14-16H,7-8H2,1-2H3. The highest BCUT2D eigenvalue weighted by molar-refractivity contribution is 5.33. The Bertz CT molecular complexity index is 544. The first-order valence-corrected chi connectivity index (χ1v) is 6.56. The van der Waals surface area contributed by atoms with Gasteiger partial charge in [-0.05, 0) is 44.0 Å². The SMILES string of the molecule is CNC1c2ccccc2CCC1n1ccc(C)n1. The van der Waals surface area contributed by atoms with Crippen molar-refractivity contribution < 1.29 is 0 Å². The summed E-state index contributed by atoms with van der Waals surface area (Å²) in [6.45, 7) is 2.04. The van der Waals surface area contributed by atoms with Gasteiger partial charge in [-0.1, -0.05) is 24.3 Å². The van der Waals surface area contributed by atoms with Crippen LogP contribution in [0.15, 0.2) is 36.5 Å². The molecule has 0 bridgehead atoms. The second-order valence-electron chi connectivity index (χ2n) is 5.01. The van der Waals surface area contributed by atoms with Gasteiger partial charge in [0.1, 0.15) is 0 Å². The molecule has 0 radical (unpaired) electrons. The first-order valence-electron chi connectivity index (χ1n) is 6.56. The van der Waals surface area contributed by atoms with Gasteiger partial charge >= 0.3 is 0 Å². The first-order chi connectivity index (χ1) is 8.79. The fraction of sp³-hybridized carbons (Fsp3) is 0.400. The van der Waals surface area contributed by atoms with Gasteiger partial charge in [-0.3, -0.25) is 4.68 Å². The smallest absolute Gasteiger partial charge is 0.0717 e. The van der Waals surface area contributed by atoms with Gasteiger partial charge < -0.3 is 5.32 Å². The molecular weight excluding hydrogens is 222 g/mol. The van der Waals surface area contributed by atoms with Crippen molar-refractivity contribution in [3.63, 3.8) is 0 Å². The molecule has 0 aliphatic heterocycles. The van der Waals surface area contributed by atoms with Crippen LogP contribution in [-0.4, -0.2) is 16.8 Å². The minimum Gasteiger partial charge on any atom is -0.311 e. The number of likely N-dealkylation sites (N-methyl/N-ethyl adjacent to an activating group) is 1. The van der Waals surface area contributed by atoms with Gasteiger partial charge in [0.25, 0.3) is 0 Å². The van der Waals surface area contributed by atoms with Gasteiger partial charge in [0, 0.05) is 6.20 Å². The molecule has 2 unspecified atom stereocenters. The van der Waals surface area contributed by atoms with Crippen LogP contribution in [0.3, 0.4) is 0 Å². The summed E-state index contributed by atoms with van der Waals surface area (Å²) in [4.78, 5) is 0. The molecule has 3 nitrogen and oxygen atoms in total. The van der Waals surface area contributed by atoms with Crippen molar-refractivity contribution in [1.82, 2.24) is 15.1 Å². The maximum absolute atomic E-state index is 4.58. The minimum absolute atomic E-state index is 0.356. The maximum Gasteiger partial charge on any atom is 0.0717 e. The molecular formula is C15H19N3. The summed E-state index contributed by atoms with van der Waals surface area (Å²) in [6.07, 6.45) is 4.37. The highest BCUT2D eigenvalue weighted by atomic mass is 15.3. The molecule has 1 aliphatic rings. The highest BCUT2D eigenvalue weighted by Gasteiger charge is 2.29. The van der Waals surface area contributed by atoms with Gasteiger partial charge in [0.2, 0.25) is 0 Å². The summed E-state index contributed by atoms with van der Waals surface area (Å²) in [7, 11) is 2.04. The molecule has 0 spiro atoms. The summed E-state index contributed by atoms with van der Waals surface area (Å²) < 4.78 is 2.12. The molecule has 1 aromatic heterocycles. The van der Waals surface area contributed by atoms with E-state index in [1.54, 1.807) is 0 Å². The average molecular weight is 241 g/mol. The Morgan fingerprint density at radius 2 is 2.11 bits per heavy atom. The van der Waals surface area contributed by atoms with Gasteiger partial charge in [-0.2, -0.15) is 5.10 Å². The Morgan fingerprint density at radius 3 is 2.83 bits per heavy atom.